The monoisotopic (exact) mass is 344 g/mol. The third kappa shape index (κ3) is 3.57. The lowest BCUT2D eigenvalue weighted by Crippen LogP contribution is -2.61. The van der Waals surface area contributed by atoms with E-state index < -0.39 is 42.7 Å². The first-order valence-corrected chi connectivity index (χ1v) is 7.72. The molecule has 0 bridgehead atoms. The van der Waals surface area contributed by atoms with E-state index in [1.165, 1.54) is 6.92 Å². The number of hydrogen-bond donors (Lipinski definition) is 0. The quantitative estimate of drug-likeness (QED) is 0.357. The number of carbonyl (C=O) groups is 1. The minimum atomic E-state index is -1.05. The Labute approximate surface area is 143 Å². The highest BCUT2D eigenvalue weighted by molar-refractivity contribution is 5.66. The second-order valence-electron chi connectivity index (χ2n) is 5.67. The van der Waals surface area contributed by atoms with E-state index in [2.05, 4.69) is 10.0 Å². The van der Waals surface area contributed by atoms with Crippen LogP contribution in [-0.2, 0) is 23.7 Å². The fourth-order valence-corrected chi connectivity index (χ4v) is 2.99. The van der Waals surface area contributed by atoms with Crippen molar-refractivity contribution in [2.75, 3.05) is 6.61 Å². The zero-order chi connectivity index (χ0) is 17.8. The van der Waals surface area contributed by atoms with Crippen molar-refractivity contribution >= 4 is 5.97 Å². The van der Waals surface area contributed by atoms with Crippen LogP contribution in [0, 0.1) is 11.3 Å². The molecule has 3 rings (SSSR count). The summed E-state index contributed by atoms with van der Waals surface area (Å²) in [5.41, 5.74) is 9.59. The van der Waals surface area contributed by atoms with E-state index in [9.17, 15) is 10.1 Å². The first-order valence-electron chi connectivity index (χ1n) is 7.72. The SMILES string of the molecule is CC(=O)O[C@@H]1C(N=[N+]=[N-])[C@H](C#N)OC2COC(c3ccccc3)O[C@@H]21. The van der Waals surface area contributed by atoms with Crippen LogP contribution in [0.15, 0.2) is 35.4 Å². The number of esters is 1. The van der Waals surface area contributed by atoms with Crippen LogP contribution in [0.5, 0.6) is 0 Å². The number of fused-ring (bicyclic) bond motifs is 1. The predicted octanol–water partition coefficient (Wildman–Crippen LogP) is 2.00. The topological polar surface area (TPSA) is 127 Å². The van der Waals surface area contributed by atoms with Crippen molar-refractivity contribution in [3.63, 3.8) is 0 Å². The van der Waals surface area contributed by atoms with Crippen LogP contribution in [-0.4, -0.2) is 43.0 Å². The Morgan fingerprint density at radius 1 is 1.40 bits per heavy atom. The molecular formula is C16H16N4O5. The average Bonchev–Trinajstić information content (AvgIpc) is 2.63. The van der Waals surface area contributed by atoms with E-state index in [0.717, 1.165) is 5.56 Å². The van der Waals surface area contributed by atoms with Crippen molar-refractivity contribution in [2.45, 2.75) is 43.7 Å². The molecule has 25 heavy (non-hydrogen) atoms. The van der Waals surface area contributed by atoms with E-state index in [4.69, 9.17) is 24.5 Å². The molecule has 2 aliphatic rings. The maximum absolute atomic E-state index is 11.5. The van der Waals surface area contributed by atoms with Crippen LogP contribution in [0.25, 0.3) is 10.4 Å². The first kappa shape index (κ1) is 17.2. The minimum Gasteiger partial charge on any atom is -0.459 e. The summed E-state index contributed by atoms with van der Waals surface area (Å²) >= 11 is 0. The molecule has 2 heterocycles. The van der Waals surface area contributed by atoms with Crippen LogP contribution < -0.4 is 0 Å². The normalized spacial score (nSPS) is 34.1. The maximum atomic E-state index is 11.5. The highest BCUT2D eigenvalue weighted by atomic mass is 16.7. The van der Waals surface area contributed by atoms with Gasteiger partial charge in [-0.05, 0) is 5.53 Å². The van der Waals surface area contributed by atoms with Gasteiger partial charge in [0.2, 0.25) is 0 Å². The van der Waals surface area contributed by atoms with Gasteiger partial charge in [-0.3, -0.25) is 4.79 Å². The summed E-state index contributed by atoms with van der Waals surface area (Å²) in [5.74, 6) is -0.563. The summed E-state index contributed by atoms with van der Waals surface area (Å²) in [7, 11) is 0. The fraction of sp³-hybridized carbons (Fsp3) is 0.500. The Kier molecular flexibility index (Phi) is 5.16. The van der Waals surface area contributed by atoms with Crippen molar-refractivity contribution in [2.24, 2.45) is 5.11 Å². The van der Waals surface area contributed by atoms with Crippen LogP contribution in [0.3, 0.4) is 0 Å². The number of carbonyl (C=O) groups excluding carboxylic acids is 1. The number of nitrogens with zero attached hydrogens (tertiary/aromatic N) is 4. The summed E-state index contributed by atoms with van der Waals surface area (Å²) in [6.45, 7) is 1.40. The van der Waals surface area contributed by atoms with Gasteiger partial charge >= 0.3 is 5.97 Å². The van der Waals surface area contributed by atoms with Gasteiger partial charge in [0.1, 0.15) is 24.4 Å². The molecule has 0 N–H and O–H groups in total. The molecular weight excluding hydrogens is 328 g/mol. The molecule has 0 amide bonds. The number of ether oxygens (including phenoxy) is 4. The van der Waals surface area contributed by atoms with Gasteiger partial charge in [-0.1, -0.05) is 35.4 Å². The van der Waals surface area contributed by atoms with Crippen molar-refractivity contribution in [1.29, 1.82) is 5.26 Å². The molecule has 2 fully saturated rings. The van der Waals surface area contributed by atoms with Crippen LogP contribution in [0.4, 0.5) is 0 Å². The Bertz CT molecular complexity index is 715. The van der Waals surface area contributed by atoms with Crippen LogP contribution in [0.1, 0.15) is 18.8 Å². The van der Waals surface area contributed by atoms with Gasteiger partial charge in [0.25, 0.3) is 0 Å². The summed E-state index contributed by atoms with van der Waals surface area (Å²) in [6.07, 6.45) is -3.99. The maximum Gasteiger partial charge on any atom is 0.303 e. The van der Waals surface area contributed by atoms with E-state index in [0.29, 0.717) is 0 Å². The molecule has 0 spiro atoms. The zero-order valence-corrected chi connectivity index (χ0v) is 13.4. The van der Waals surface area contributed by atoms with Crippen LogP contribution in [0.2, 0.25) is 0 Å². The predicted molar refractivity (Wildman–Crippen MR) is 82.8 cm³/mol. The van der Waals surface area contributed by atoms with Gasteiger partial charge in [0.05, 0.1) is 12.7 Å². The molecule has 3 unspecified atom stereocenters. The number of azide groups is 1. The third-order valence-electron chi connectivity index (χ3n) is 4.04. The molecule has 1 aromatic carbocycles. The molecule has 9 nitrogen and oxygen atoms in total. The van der Waals surface area contributed by atoms with Crippen molar-refractivity contribution in [1.82, 2.24) is 0 Å². The van der Waals surface area contributed by atoms with E-state index in [1.807, 2.05) is 36.4 Å². The second kappa shape index (κ2) is 7.51. The summed E-state index contributed by atoms with van der Waals surface area (Å²) < 4.78 is 22.6. The Hall–Kier alpha value is -2.63. The highest BCUT2D eigenvalue weighted by Crippen LogP contribution is 2.36. The Morgan fingerprint density at radius 3 is 2.80 bits per heavy atom. The van der Waals surface area contributed by atoms with Gasteiger partial charge in [-0.2, -0.15) is 5.26 Å². The molecule has 0 aliphatic carbocycles. The van der Waals surface area contributed by atoms with Gasteiger partial charge < -0.3 is 18.9 Å². The summed E-state index contributed by atoms with van der Waals surface area (Å²) in [5, 5.41) is 12.9. The Balaban J connectivity index is 1.89. The van der Waals surface area contributed by atoms with Crippen molar-refractivity contribution in [3.8, 4) is 6.07 Å². The summed E-state index contributed by atoms with van der Waals surface area (Å²) in [4.78, 5) is 14.3. The van der Waals surface area contributed by atoms with Gasteiger partial charge in [0, 0.05) is 17.4 Å². The van der Waals surface area contributed by atoms with Crippen LogP contribution >= 0.6 is 0 Å². The zero-order valence-electron chi connectivity index (χ0n) is 13.4. The largest absolute Gasteiger partial charge is 0.459 e. The molecule has 2 aliphatic heterocycles. The molecule has 9 heteroatoms. The average molecular weight is 344 g/mol. The number of hydrogen-bond acceptors (Lipinski definition) is 7. The van der Waals surface area contributed by atoms with E-state index in [1.54, 1.807) is 0 Å². The van der Waals surface area contributed by atoms with Gasteiger partial charge in [-0.25, -0.2) is 0 Å². The number of benzene rings is 1. The number of nitriles is 1. The lowest BCUT2D eigenvalue weighted by molar-refractivity contribution is -0.309. The number of rotatable bonds is 3. The van der Waals surface area contributed by atoms with Gasteiger partial charge in [-0.15, -0.1) is 0 Å². The third-order valence-corrected chi connectivity index (χ3v) is 4.04. The van der Waals surface area contributed by atoms with Gasteiger partial charge in [0.15, 0.2) is 12.4 Å². The molecule has 6 atom stereocenters. The fourth-order valence-electron chi connectivity index (χ4n) is 2.99. The molecule has 1 aromatic rings. The lowest BCUT2D eigenvalue weighted by Gasteiger charge is -2.46. The molecule has 0 saturated carbocycles. The van der Waals surface area contributed by atoms with Crippen molar-refractivity contribution in [3.05, 3.63) is 46.3 Å². The molecule has 0 aromatic heterocycles. The molecule has 0 radical (unpaired) electrons. The second-order valence-corrected chi connectivity index (χ2v) is 5.67. The smallest absolute Gasteiger partial charge is 0.303 e. The standard InChI is InChI=1S/C16H16N4O5/c1-9(21)23-15-13(19-20-18)11(7-17)24-12-8-22-16(25-14(12)15)10-5-3-2-4-6-10/h2-6,11-16H,8H2,1H3/t11-,12?,13?,14-,15+,16?/m0/s1. The molecule has 2 saturated heterocycles. The van der Waals surface area contributed by atoms with E-state index in [-0.39, 0.29) is 6.61 Å². The minimum absolute atomic E-state index is 0.156. The molecule has 130 valence electrons. The lowest BCUT2D eigenvalue weighted by atomic mass is 9.92. The van der Waals surface area contributed by atoms with E-state index >= 15 is 0 Å². The highest BCUT2D eigenvalue weighted by Gasteiger charge is 2.51. The summed E-state index contributed by atoms with van der Waals surface area (Å²) in [6, 6.07) is 10.2. The Morgan fingerprint density at radius 2 is 2.16 bits per heavy atom. The first-order chi connectivity index (χ1) is 12.1. The van der Waals surface area contributed by atoms with Crippen molar-refractivity contribution < 1.29 is 23.7 Å².